The summed E-state index contributed by atoms with van der Waals surface area (Å²) in [6, 6.07) is 10.9. The maximum Gasteiger partial charge on any atom is 0.317 e. The monoisotopic (exact) mass is 345 g/mol. The highest BCUT2D eigenvalue weighted by Crippen LogP contribution is 2.34. The summed E-state index contributed by atoms with van der Waals surface area (Å²) in [5, 5.41) is 12.9. The van der Waals surface area contributed by atoms with E-state index in [2.05, 4.69) is 22.3 Å². The summed E-state index contributed by atoms with van der Waals surface area (Å²) in [4.78, 5) is 17.0. The van der Waals surface area contributed by atoms with Crippen LogP contribution in [0.2, 0.25) is 0 Å². The number of urea groups is 1. The van der Waals surface area contributed by atoms with Gasteiger partial charge in [-0.3, -0.25) is 4.90 Å². The molecule has 2 fully saturated rings. The van der Waals surface area contributed by atoms with Gasteiger partial charge < -0.3 is 15.3 Å². The summed E-state index contributed by atoms with van der Waals surface area (Å²) in [5.41, 5.74) is 0.861. The Balaban J connectivity index is 1.56. The molecular formula is C20H31N3O2. The second kappa shape index (κ2) is 7.75. The largest absolute Gasteiger partial charge is 0.396 e. The molecule has 5 nitrogen and oxygen atoms in total. The zero-order chi connectivity index (χ0) is 17.9. The van der Waals surface area contributed by atoms with Crippen molar-refractivity contribution in [2.24, 2.45) is 5.41 Å². The van der Waals surface area contributed by atoms with Crippen molar-refractivity contribution in [2.45, 2.75) is 38.6 Å². The van der Waals surface area contributed by atoms with Gasteiger partial charge in [-0.25, -0.2) is 4.79 Å². The predicted molar refractivity (Wildman–Crippen MR) is 99.6 cm³/mol. The van der Waals surface area contributed by atoms with E-state index in [0.717, 1.165) is 37.8 Å². The lowest BCUT2D eigenvalue weighted by atomic mass is 9.75. The van der Waals surface area contributed by atoms with Gasteiger partial charge in [0.1, 0.15) is 0 Å². The molecule has 5 heteroatoms. The average molecular weight is 345 g/mol. The predicted octanol–water partition coefficient (Wildman–Crippen LogP) is 2.28. The maximum absolute atomic E-state index is 12.6. The molecule has 0 spiro atoms. The maximum atomic E-state index is 12.6. The Morgan fingerprint density at radius 3 is 2.40 bits per heavy atom. The van der Waals surface area contributed by atoms with Gasteiger partial charge in [-0.05, 0) is 23.8 Å². The van der Waals surface area contributed by atoms with Crippen molar-refractivity contribution in [1.29, 1.82) is 0 Å². The van der Waals surface area contributed by atoms with Crippen LogP contribution in [0.1, 0.15) is 38.2 Å². The van der Waals surface area contributed by atoms with E-state index in [1.807, 2.05) is 36.9 Å². The second-order valence-corrected chi connectivity index (χ2v) is 8.05. The van der Waals surface area contributed by atoms with Gasteiger partial charge in [-0.1, -0.05) is 44.2 Å². The number of hydrogen-bond acceptors (Lipinski definition) is 3. The molecule has 1 unspecified atom stereocenters. The smallest absolute Gasteiger partial charge is 0.317 e. The number of hydrogen-bond donors (Lipinski definition) is 2. The molecule has 2 aliphatic rings. The van der Waals surface area contributed by atoms with Crippen molar-refractivity contribution >= 4 is 6.03 Å². The Kier molecular flexibility index (Phi) is 5.64. The normalized spacial score (nSPS) is 20.4. The third kappa shape index (κ3) is 4.53. The van der Waals surface area contributed by atoms with Gasteiger partial charge in [0.05, 0.1) is 0 Å². The van der Waals surface area contributed by atoms with Crippen molar-refractivity contribution in [3.8, 4) is 0 Å². The first-order valence-corrected chi connectivity index (χ1v) is 9.44. The van der Waals surface area contributed by atoms with Crippen LogP contribution in [0.5, 0.6) is 0 Å². The van der Waals surface area contributed by atoms with Crippen molar-refractivity contribution < 1.29 is 9.90 Å². The molecule has 25 heavy (non-hydrogen) atoms. The summed E-state index contributed by atoms with van der Waals surface area (Å²) < 4.78 is 0. The lowest BCUT2D eigenvalue weighted by Gasteiger charge is -2.36. The van der Waals surface area contributed by atoms with Crippen molar-refractivity contribution in [1.82, 2.24) is 15.1 Å². The van der Waals surface area contributed by atoms with Crippen LogP contribution in [-0.4, -0.2) is 66.3 Å². The number of amides is 2. The molecule has 1 saturated heterocycles. The number of carbonyl (C=O) groups is 1. The number of aliphatic hydroxyl groups is 1. The minimum absolute atomic E-state index is 0.0186. The van der Waals surface area contributed by atoms with Gasteiger partial charge >= 0.3 is 6.03 Å². The van der Waals surface area contributed by atoms with E-state index < -0.39 is 0 Å². The number of nitrogens with one attached hydrogen (secondary N) is 1. The first-order chi connectivity index (χ1) is 12.0. The highest BCUT2D eigenvalue weighted by atomic mass is 16.3. The van der Waals surface area contributed by atoms with Crippen LogP contribution in [0.25, 0.3) is 0 Å². The molecule has 0 aromatic heterocycles. The fourth-order valence-corrected chi connectivity index (χ4v) is 3.67. The lowest BCUT2D eigenvalue weighted by Crippen LogP contribution is -2.53. The van der Waals surface area contributed by atoms with Crippen LogP contribution < -0.4 is 5.32 Å². The number of aliphatic hydroxyl groups excluding tert-OH is 1. The second-order valence-electron chi connectivity index (χ2n) is 8.05. The van der Waals surface area contributed by atoms with Crippen LogP contribution >= 0.6 is 0 Å². The molecule has 1 saturated carbocycles. The van der Waals surface area contributed by atoms with Gasteiger partial charge in [-0.2, -0.15) is 0 Å². The summed E-state index contributed by atoms with van der Waals surface area (Å²) in [5.74, 6) is 0.0791. The Labute approximate surface area is 151 Å². The number of nitrogens with zero attached hydrogens (tertiary/aromatic N) is 2. The van der Waals surface area contributed by atoms with Crippen LogP contribution in [0.4, 0.5) is 4.79 Å². The number of carbonyl (C=O) groups excluding carboxylic acids is 1. The van der Waals surface area contributed by atoms with Crippen LogP contribution in [0.15, 0.2) is 30.3 Å². The Morgan fingerprint density at radius 2 is 1.84 bits per heavy atom. The van der Waals surface area contributed by atoms with Crippen LogP contribution in [0, 0.1) is 5.41 Å². The molecular weight excluding hydrogens is 314 g/mol. The average Bonchev–Trinajstić information content (AvgIpc) is 3.48. The standard InChI is InChI=1S/C20H31N3O2/c1-20(2,15-24)18(16-6-4-3-5-7-16)14-21-19(25)23-12-10-22(11-13-23)17-8-9-17/h3-7,17-18,24H,8-15H2,1-2H3,(H,21,25). The summed E-state index contributed by atoms with van der Waals surface area (Å²) in [6.45, 7) is 8.31. The van der Waals surface area contributed by atoms with E-state index in [1.165, 1.54) is 12.8 Å². The number of benzene rings is 1. The molecule has 2 amide bonds. The van der Waals surface area contributed by atoms with Gasteiger partial charge in [0, 0.05) is 51.3 Å². The molecule has 1 aromatic rings. The van der Waals surface area contributed by atoms with Crippen molar-refractivity contribution in [3.05, 3.63) is 35.9 Å². The van der Waals surface area contributed by atoms with Crippen molar-refractivity contribution in [3.63, 3.8) is 0 Å². The summed E-state index contributed by atoms with van der Waals surface area (Å²) >= 11 is 0. The zero-order valence-corrected chi connectivity index (χ0v) is 15.4. The fourth-order valence-electron chi connectivity index (χ4n) is 3.67. The Bertz CT molecular complexity index is 564. The van der Waals surface area contributed by atoms with E-state index in [9.17, 15) is 9.90 Å². The highest BCUT2D eigenvalue weighted by molar-refractivity contribution is 5.74. The van der Waals surface area contributed by atoms with Crippen molar-refractivity contribution in [2.75, 3.05) is 39.3 Å². The topological polar surface area (TPSA) is 55.8 Å². The van der Waals surface area contributed by atoms with E-state index in [0.29, 0.717) is 6.54 Å². The molecule has 138 valence electrons. The van der Waals surface area contributed by atoms with E-state index in [1.54, 1.807) is 0 Å². The minimum atomic E-state index is -0.292. The third-order valence-electron chi connectivity index (χ3n) is 5.67. The van der Waals surface area contributed by atoms with Gasteiger partial charge in [-0.15, -0.1) is 0 Å². The summed E-state index contributed by atoms with van der Waals surface area (Å²) in [7, 11) is 0. The molecule has 1 aliphatic carbocycles. The van der Waals surface area contributed by atoms with E-state index in [-0.39, 0.29) is 24.0 Å². The Morgan fingerprint density at radius 1 is 1.20 bits per heavy atom. The quantitative estimate of drug-likeness (QED) is 0.832. The molecule has 2 N–H and O–H groups in total. The number of rotatable bonds is 6. The SMILES string of the molecule is CC(C)(CO)C(CNC(=O)N1CCN(C2CC2)CC1)c1ccccc1. The molecule has 1 aromatic carbocycles. The lowest BCUT2D eigenvalue weighted by molar-refractivity contribution is 0.120. The number of piperazine rings is 1. The molecule has 1 atom stereocenters. The molecule has 0 radical (unpaired) electrons. The zero-order valence-electron chi connectivity index (χ0n) is 15.4. The van der Waals surface area contributed by atoms with E-state index in [4.69, 9.17) is 0 Å². The van der Waals surface area contributed by atoms with Crippen LogP contribution in [-0.2, 0) is 0 Å². The minimum Gasteiger partial charge on any atom is -0.396 e. The van der Waals surface area contributed by atoms with Crippen LogP contribution in [0.3, 0.4) is 0 Å². The van der Waals surface area contributed by atoms with Gasteiger partial charge in [0.25, 0.3) is 0 Å². The first kappa shape index (κ1) is 18.2. The molecule has 1 heterocycles. The van der Waals surface area contributed by atoms with Gasteiger partial charge in [0.15, 0.2) is 0 Å². The summed E-state index contributed by atoms with van der Waals surface area (Å²) in [6.07, 6.45) is 2.64. The van der Waals surface area contributed by atoms with E-state index >= 15 is 0 Å². The highest BCUT2D eigenvalue weighted by Gasteiger charge is 2.33. The fraction of sp³-hybridized carbons (Fsp3) is 0.650. The Hall–Kier alpha value is -1.59. The van der Waals surface area contributed by atoms with Gasteiger partial charge in [0.2, 0.25) is 0 Å². The molecule has 3 rings (SSSR count). The third-order valence-corrected chi connectivity index (χ3v) is 5.67. The molecule has 1 aliphatic heterocycles. The first-order valence-electron chi connectivity index (χ1n) is 9.44. The molecule has 0 bridgehead atoms.